The Hall–Kier alpha value is -1.42. The fourth-order valence-corrected chi connectivity index (χ4v) is 3.28. The molecule has 1 atom stereocenters. The third kappa shape index (κ3) is 9.16. The standard InChI is InChI=1S/C22H38N4O3.HI/c1-6-23-22(24-9-7-11-29-16-17(2)3)25-18-8-10-26(15-18)19-12-20(27-4)14-21(13-19)28-5;/h12-14,17-18H,6-11,15-16H2,1-5H3,(H2,23,24,25);1H. The van der Waals surface area contributed by atoms with Gasteiger partial charge < -0.3 is 29.7 Å². The number of methoxy groups -OCH3 is 2. The van der Waals surface area contributed by atoms with E-state index in [0.29, 0.717) is 12.0 Å². The molecule has 1 heterocycles. The molecule has 0 aromatic heterocycles. The van der Waals surface area contributed by atoms with Crippen LogP contribution in [0.4, 0.5) is 5.69 Å². The number of ether oxygens (including phenoxy) is 3. The van der Waals surface area contributed by atoms with Gasteiger partial charge in [-0.3, -0.25) is 4.99 Å². The van der Waals surface area contributed by atoms with Gasteiger partial charge >= 0.3 is 0 Å². The van der Waals surface area contributed by atoms with Gasteiger partial charge in [0.1, 0.15) is 11.5 Å². The second-order valence-corrected chi connectivity index (χ2v) is 7.73. The third-order valence-electron chi connectivity index (χ3n) is 4.74. The first-order valence-corrected chi connectivity index (χ1v) is 10.7. The number of hydrogen-bond donors (Lipinski definition) is 2. The summed E-state index contributed by atoms with van der Waals surface area (Å²) in [5, 5.41) is 6.93. The minimum absolute atomic E-state index is 0. The van der Waals surface area contributed by atoms with Crippen molar-refractivity contribution in [1.82, 2.24) is 10.6 Å². The third-order valence-corrected chi connectivity index (χ3v) is 4.74. The van der Waals surface area contributed by atoms with Crippen molar-refractivity contribution in [3.8, 4) is 11.5 Å². The molecule has 1 aliphatic heterocycles. The van der Waals surface area contributed by atoms with E-state index < -0.39 is 0 Å². The van der Waals surface area contributed by atoms with Crippen LogP contribution in [0.3, 0.4) is 0 Å². The molecule has 1 unspecified atom stereocenters. The summed E-state index contributed by atoms with van der Waals surface area (Å²) in [6.07, 6.45) is 1.99. The van der Waals surface area contributed by atoms with Crippen molar-refractivity contribution in [3.63, 3.8) is 0 Å². The normalized spacial score (nSPS) is 16.4. The molecule has 0 aliphatic carbocycles. The number of nitrogens with one attached hydrogen (secondary N) is 2. The monoisotopic (exact) mass is 534 g/mol. The molecule has 1 fully saturated rings. The average molecular weight is 534 g/mol. The van der Waals surface area contributed by atoms with Crippen molar-refractivity contribution < 1.29 is 14.2 Å². The van der Waals surface area contributed by atoms with Crippen molar-refractivity contribution in [2.24, 2.45) is 10.9 Å². The molecule has 172 valence electrons. The molecule has 30 heavy (non-hydrogen) atoms. The average Bonchev–Trinajstić information content (AvgIpc) is 3.18. The predicted molar refractivity (Wildman–Crippen MR) is 135 cm³/mol. The number of anilines is 1. The van der Waals surface area contributed by atoms with E-state index in [4.69, 9.17) is 19.2 Å². The van der Waals surface area contributed by atoms with Gasteiger partial charge in [0, 0.05) is 69.3 Å². The summed E-state index contributed by atoms with van der Waals surface area (Å²) in [7, 11) is 3.36. The number of nitrogens with zero attached hydrogens (tertiary/aromatic N) is 2. The SMILES string of the molecule is CCNC(=NCCCOCC(C)C)NC1CCN(c2cc(OC)cc(OC)c2)C1.I. The Morgan fingerprint density at radius 3 is 2.50 bits per heavy atom. The first-order chi connectivity index (χ1) is 14.0. The van der Waals surface area contributed by atoms with E-state index >= 15 is 0 Å². The molecule has 8 heteroatoms. The van der Waals surface area contributed by atoms with Crippen LogP contribution in [0.2, 0.25) is 0 Å². The lowest BCUT2D eigenvalue weighted by Gasteiger charge is -2.21. The first kappa shape index (κ1) is 26.6. The van der Waals surface area contributed by atoms with Crippen molar-refractivity contribution in [3.05, 3.63) is 18.2 Å². The second kappa shape index (κ2) is 14.6. The molecule has 2 rings (SSSR count). The fourth-order valence-electron chi connectivity index (χ4n) is 3.28. The second-order valence-electron chi connectivity index (χ2n) is 7.73. The Morgan fingerprint density at radius 2 is 1.90 bits per heavy atom. The summed E-state index contributed by atoms with van der Waals surface area (Å²) in [4.78, 5) is 7.06. The molecule has 1 saturated heterocycles. The maximum atomic E-state index is 5.63. The fraction of sp³-hybridized carbons (Fsp3) is 0.682. The lowest BCUT2D eigenvalue weighted by molar-refractivity contribution is 0.109. The Bertz CT molecular complexity index is 621. The van der Waals surface area contributed by atoms with E-state index in [0.717, 1.165) is 75.4 Å². The van der Waals surface area contributed by atoms with Crippen LogP contribution < -0.4 is 25.0 Å². The number of halogens is 1. The molecule has 0 bridgehead atoms. The van der Waals surface area contributed by atoms with Crippen LogP contribution in [0.5, 0.6) is 11.5 Å². The summed E-state index contributed by atoms with van der Waals surface area (Å²) in [6.45, 7) is 11.5. The Labute approximate surface area is 199 Å². The lowest BCUT2D eigenvalue weighted by Crippen LogP contribution is -2.44. The highest BCUT2D eigenvalue weighted by Crippen LogP contribution is 2.30. The van der Waals surface area contributed by atoms with Crippen LogP contribution >= 0.6 is 24.0 Å². The molecule has 1 aromatic carbocycles. The number of guanidine groups is 1. The summed E-state index contributed by atoms with van der Waals surface area (Å²) < 4.78 is 16.4. The van der Waals surface area contributed by atoms with Crippen LogP contribution in [0.15, 0.2) is 23.2 Å². The van der Waals surface area contributed by atoms with Crippen LogP contribution in [0.1, 0.15) is 33.6 Å². The Morgan fingerprint density at radius 1 is 1.20 bits per heavy atom. The zero-order valence-corrected chi connectivity index (χ0v) is 21.4. The number of aliphatic imine (C=N–C) groups is 1. The van der Waals surface area contributed by atoms with Gasteiger partial charge in [-0.05, 0) is 25.7 Å². The Kier molecular flexibility index (Phi) is 12.9. The molecule has 7 nitrogen and oxygen atoms in total. The predicted octanol–water partition coefficient (Wildman–Crippen LogP) is 3.52. The van der Waals surface area contributed by atoms with Crippen molar-refractivity contribution in [2.45, 2.75) is 39.7 Å². The van der Waals surface area contributed by atoms with E-state index in [2.05, 4.69) is 48.4 Å². The number of rotatable bonds is 11. The van der Waals surface area contributed by atoms with Crippen molar-refractivity contribution in [2.75, 3.05) is 58.5 Å². The van der Waals surface area contributed by atoms with Gasteiger partial charge in [-0.1, -0.05) is 13.8 Å². The van der Waals surface area contributed by atoms with Gasteiger partial charge in [-0.25, -0.2) is 0 Å². The zero-order valence-electron chi connectivity index (χ0n) is 19.1. The highest BCUT2D eigenvalue weighted by atomic mass is 127. The molecule has 1 aliphatic rings. The van der Waals surface area contributed by atoms with Gasteiger partial charge in [-0.15, -0.1) is 24.0 Å². The maximum Gasteiger partial charge on any atom is 0.191 e. The number of benzene rings is 1. The Balaban J connectivity index is 0.00000450. The highest BCUT2D eigenvalue weighted by Gasteiger charge is 2.24. The minimum Gasteiger partial charge on any atom is -0.497 e. The summed E-state index contributed by atoms with van der Waals surface area (Å²) in [5.74, 6) is 3.08. The van der Waals surface area contributed by atoms with Crippen molar-refractivity contribution >= 4 is 35.6 Å². The summed E-state index contributed by atoms with van der Waals surface area (Å²) in [5.41, 5.74) is 1.12. The van der Waals surface area contributed by atoms with Gasteiger partial charge in [0.15, 0.2) is 5.96 Å². The lowest BCUT2D eigenvalue weighted by atomic mass is 10.2. The molecule has 0 amide bonds. The summed E-state index contributed by atoms with van der Waals surface area (Å²) >= 11 is 0. The minimum atomic E-state index is 0. The molecule has 0 spiro atoms. The zero-order chi connectivity index (χ0) is 21.1. The van der Waals surface area contributed by atoms with Crippen LogP contribution in [0, 0.1) is 5.92 Å². The highest BCUT2D eigenvalue weighted by molar-refractivity contribution is 14.0. The summed E-state index contributed by atoms with van der Waals surface area (Å²) in [6, 6.07) is 6.36. The van der Waals surface area contributed by atoms with E-state index in [9.17, 15) is 0 Å². The van der Waals surface area contributed by atoms with Gasteiger partial charge in [0.05, 0.1) is 14.2 Å². The van der Waals surface area contributed by atoms with E-state index in [1.807, 2.05) is 6.07 Å². The topological polar surface area (TPSA) is 67.4 Å². The molecule has 1 aromatic rings. The smallest absolute Gasteiger partial charge is 0.191 e. The van der Waals surface area contributed by atoms with Crippen LogP contribution in [-0.2, 0) is 4.74 Å². The molecule has 2 N–H and O–H groups in total. The maximum absolute atomic E-state index is 5.63. The molecular formula is C22H39IN4O3. The van der Waals surface area contributed by atoms with E-state index in [1.54, 1.807) is 14.2 Å². The van der Waals surface area contributed by atoms with E-state index in [1.165, 1.54) is 0 Å². The number of hydrogen-bond acceptors (Lipinski definition) is 5. The quantitative estimate of drug-likeness (QED) is 0.196. The van der Waals surface area contributed by atoms with Crippen LogP contribution in [0.25, 0.3) is 0 Å². The van der Waals surface area contributed by atoms with Crippen molar-refractivity contribution in [1.29, 1.82) is 0 Å². The van der Waals surface area contributed by atoms with Gasteiger partial charge in [0.25, 0.3) is 0 Å². The van der Waals surface area contributed by atoms with Crippen LogP contribution in [-0.4, -0.2) is 65.6 Å². The molecule has 0 radical (unpaired) electrons. The molecular weight excluding hydrogens is 495 g/mol. The molecule has 0 saturated carbocycles. The first-order valence-electron chi connectivity index (χ1n) is 10.7. The van der Waals surface area contributed by atoms with Gasteiger partial charge in [0.2, 0.25) is 0 Å². The van der Waals surface area contributed by atoms with Gasteiger partial charge in [-0.2, -0.15) is 0 Å². The van der Waals surface area contributed by atoms with E-state index in [-0.39, 0.29) is 24.0 Å². The largest absolute Gasteiger partial charge is 0.497 e.